The molecule has 0 bridgehead atoms. The van der Waals surface area contributed by atoms with E-state index in [0.29, 0.717) is 40.9 Å². The van der Waals surface area contributed by atoms with Crippen LogP contribution in [0.4, 0.5) is 5.95 Å². The zero-order valence-corrected chi connectivity index (χ0v) is 22.4. The highest BCUT2D eigenvalue weighted by Crippen LogP contribution is 2.43. The summed E-state index contributed by atoms with van der Waals surface area (Å²) in [4.78, 5) is 8.23. The van der Waals surface area contributed by atoms with E-state index >= 15 is 0 Å². The number of ether oxygens (including phenoxy) is 3. The molecule has 194 valence electrons. The monoisotopic (exact) mass is 556 g/mol. The van der Waals surface area contributed by atoms with Crippen molar-refractivity contribution in [3.63, 3.8) is 0 Å². The Kier molecular flexibility index (Phi) is 7.88. The summed E-state index contributed by atoms with van der Waals surface area (Å²) in [6, 6.07) is 5.25. The van der Waals surface area contributed by atoms with Crippen molar-refractivity contribution in [2.24, 2.45) is 0 Å². The maximum absolute atomic E-state index is 13.5. The van der Waals surface area contributed by atoms with Crippen LogP contribution in [-0.2, 0) is 14.8 Å². The van der Waals surface area contributed by atoms with Gasteiger partial charge in [0.2, 0.25) is 16.0 Å². The first-order chi connectivity index (χ1) is 17.2. The van der Waals surface area contributed by atoms with Crippen LogP contribution in [0, 0.1) is 0 Å². The Morgan fingerprint density at radius 3 is 2.22 bits per heavy atom. The Morgan fingerprint density at radius 2 is 1.69 bits per heavy atom. The van der Waals surface area contributed by atoms with E-state index in [2.05, 4.69) is 24.9 Å². The van der Waals surface area contributed by atoms with Gasteiger partial charge in [0.1, 0.15) is 34.4 Å². The molecular weight excluding hydrogens is 531 g/mol. The quantitative estimate of drug-likeness (QED) is 0.371. The predicted molar refractivity (Wildman–Crippen MR) is 135 cm³/mol. The number of aromatic nitrogens is 5. The second kappa shape index (κ2) is 10.8. The molecule has 0 spiro atoms. The molecule has 11 nitrogen and oxygen atoms in total. The van der Waals surface area contributed by atoms with Crippen LogP contribution in [-0.4, -0.2) is 65.1 Å². The van der Waals surface area contributed by atoms with Gasteiger partial charge in [-0.1, -0.05) is 17.7 Å². The van der Waals surface area contributed by atoms with E-state index in [1.54, 1.807) is 22.8 Å². The molecule has 2 aromatic heterocycles. The molecule has 1 aromatic carbocycles. The molecule has 1 N–H and O–H groups in total. The van der Waals surface area contributed by atoms with Crippen LogP contribution >= 0.6 is 23.2 Å². The number of sulfonamides is 1. The normalized spacial score (nSPS) is 19.3. The number of hydrogen-bond acceptors (Lipinski definition) is 9. The lowest BCUT2D eigenvalue weighted by Crippen LogP contribution is -2.33. The molecule has 2 atom stereocenters. The average Bonchev–Trinajstić information content (AvgIpc) is 3.24. The summed E-state index contributed by atoms with van der Waals surface area (Å²) in [5.74, 6) is 1.59. The highest BCUT2D eigenvalue weighted by Gasteiger charge is 2.38. The van der Waals surface area contributed by atoms with Crippen molar-refractivity contribution in [2.45, 2.75) is 42.4 Å². The molecule has 3 aromatic rings. The van der Waals surface area contributed by atoms with Crippen LogP contribution in [0.15, 0.2) is 30.6 Å². The third-order valence-electron chi connectivity index (χ3n) is 6.06. The van der Waals surface area contributed by atoms with Crippen LogP contribution in [0.1, 0.15) is 43.4 Å². The van der Waals surface area contributed by atoms with Gasteiger partial charge in [-0.05, 0) is 31.9 Å². The first-order valence-electron chi connectivity index (χ1n) is 11.0. The zero-order valence-electron chi connectivity index (χ0n) is 20.1. The van der Waals surface area contributed by atoms with Crippen molar-refractivity contribution in [2.75, 3.05) is 26.1 Å². The van der Waals surface area contributed by atoms with Crippen LogP contribution < -0.4 is 14.2 Å². The molecule has 14 heteroatoms. The molecular formula is C22H26Cl2N6O5S. The van der Waals surface area contributed by atoms with Crippen LogP contribution in [0.3, 0.4) is 0 Å². The Bertz CT molecular complexity index is 1290. The van der Waals surface area contributed by atoms with Gasteiger partial charge in [-0.15, -0.1) is 21.8 Å². The van der Waals surface area contributed by atoms with Gasteiger partial charge in [-0.25, -0.2) is 18.4 Å². The molecule has 2 heterocycles. The number of nitrogens with one attached hydrogen (secondary N) is 1. The van der Waals surface area contributed by atoms with Gasteiger partial charge in [0.15, 0.2) is 5.82 Å². The van der Waals surface area contributed by atoms with E-state index in [1.165, 1.54) is 40.6 Å². The second-order valence-corrected chi connectivity index (χ2v) is 11.4. The average molecular weight is 557 g/mol. The van der Waals surface area contributed by atoms with Gasteiger partial charge in [0.05, 0.1) is 19.2 Å². The fourth-order valence-corrected chi connectivity index (χ4v) is 5.68. The Labute approximate surface area is 219 Å². The largest absolute Gasteiger partial charge is 0.494 e. The number of benzene rings is 1. The third kappa shape index (κ3) is 5.08. The van der Waals surface area contributed by atoms with E-state index in [4.69, 9.17) is 37.4 Å². The molecule has 4 rings (SSSR count). The van der Waals surface area contributed by atoms with Gasteiger partial charge in [-0.2, -0.15) is 0 Å². The smallest absolute Gasteiger partial charge is 0.243 e. The number of anilines is 1. The lowest BCUT2D eigenvalue weighted by Gasteiger charge is -2.31. The first-order valence-corrected chi connectivity index (χ1v) is 13.4. The third-order valence-corrected chi connectivity index (χ3v) is 8.30. The summed E-state index contributed by atoms with van der Waals surface area (Å²) in [6.45, 7) is 1.49. The van der Waals surface area contributed by atoms with Gasteiger partial charge >= 0.3 is 0 Å². The minimum Gasteiger partial charge on any atom is -0.494 e. The van der Waals surface area contributed by atoms with E-state index in [0.717, 1.165) is 0 Å². The summed E-state index contributed by atoms with van der Waals surface area (Å²) in [5, 5.41) is 7.74. The second-order valence-electron chi connectivity index (χ2n) is 8.26. The van der Waals surface area contributed by atoms with Crippen LogP contribution in [0.25, 0.3) is 5.69 Å². The highest BCUT2D eigenvalue weighted by atomic mass is 35.5. The van der Waals surface area contributed by atoms with Gasteiger partial charge in [-0.3, -0.25) is 9.29 Å². The first kappa shape index (κ1) is 26.4. The molecule has 0 aliphatic heterocycles. The number of hydrogen-bond donors (Lipinski definition) is 1. The van der Waals surface area contributed by atoms with Crippen molar-refractivity contribution in [1.82, 2.24) is 24.7 Å². The summed E-state index contributed by atoms with van der Waals surface area (Å²) >= 11 is 12.1. The van der Waals surface area contributed by atoms with Crippen molar-refractivity contribution in [3.05, 3.63) is 47.3 Å². The maximum atomic E-state index is 13.5. The SMILES string of the molecule is COc1cccc(OC)c1-n1c(NS(=O)(=O)[C@@H](C)[C@H](OC)c2ncc(Cl)cn2)nnc1[C@H]1C[C@@H](Cl)C1. The van der Waals surface area contributed by atoms with Gasteiger partial charge < -0.3 is 14.2 Å². The van der Waals surface area contributed by atoms with E-state index in [9.17, 15) is 8.42 Å². The van der Waals surface area contributed by atoms with E-state index in [1.807, 2.05) is 0 Å². The van der Waals surface area contributed by atoms with Crippen LogP contribution in [0.5, 0.6) is 11.5 Å². The summed E-state index contributed by atoms with van der Waals surface area (Å²) in [6.07, 6.45) is 3.14. The molecule has 0 radical (unpaired) electrons. The van der Waals surface area contributed by atoms with Gasteiger partial charge in [0.25, 0.3) is 0 Å². The number of methoxy groups -OCH3 is 3. The predicted octanol–water partition coefficient (Wildman–Crippen LogP) is 3.73. The van der Waals surface area contributed by atoms with Crippen molar-refractivity contribution >= 4 is 39.2 Å². The molecule has 0 amide bonds. The standard InChI is InChI=1S/C22H26Cl2N6O5S/c1-12(19(35-4)20-25-10-15(24)11-26-20)36(31,32)29-22-28-27-21(13-8-14(23)9-13)30(22)18-16(33-2)6-5-7-17(18)34-3/h5-7,10-14,19H,8-9H2,1-4H3,(H,28,29)/t12-,13-,14+,19-/m0/s1. The summed E-state index contributed by atoms with van der Waals surface area (Å²) in [5.41, 5.74) is 0.468. The topological polar surface area (TPSA) is 130 Å². The van der Waals surface area contributed by atoms with E-state index in [-0.39, 0.29) is 23.1 Å². The number of nitrogens with zero attached hydrogens (tertiary/aromatic N) is 5. The fraction of sp³-hybridized carbons (Fsp3) is 0.455. The molecule has 1 aliphatic rings. The fourth-order valence-electron chi connectivity index (χ4n) is 4.02. The molecule has 0 saturated heterocycles. The van der Waals surface area contributed by atoms with Crippen LogP contribution in [0.2, 0.25) is 5.02 Å². The Hall–Kier alpha value is -2.67. The zero-order chi connectivity index (χ0) is 26.0. The van der Waals surface area contributed by atoms with Gasteiger partial charge in [0, 0.05) is 30.8 Å². The summed E-state index contributed by atoms with van der Waals surface area (Å²) in [7, 11) is 0.331. The molecule has 1 aliphatic carbocycles. The van der Waals surface area contributed by atoms with Crippen molar-refractivity contribution in [3.8, 4) is 17.2 Å². The van der Waals surface area contributed by atoms with Crippen molar-refractivity contribution in [1.29, 1.82) is 0 Å². The minimum atomic E-state index is -4.08. The lowest BCUT2D eigenvalue weighted by molar-refractivity contribution is 0.0950. The minimum absolute atomic E-state index is 0.0144. The lowest BCUT2D eigenvalue weighted by atomic mass is 9.84. The Balaban J connectivity index is 1.76. The van der Waals surface area contributed by atoms with E-state index < -0.39 is 21.4 Å². The number of halogens is 2. The molecule has 1 saturated carbocycles. The highest BCUT2D eigenvalue weighted by molar-refractivity contribution is 7.93. The summed E-state index contributed by atoms with van der Waals surface area (Å²) < 4.78 is 47.8. The number of para-hydroxylation sites is 1. The number of rotatable bonds is 10. The number of alkyl halides is 1. The molecule has 1 fully saturated rings. The molecule has 0 unspecified atom stereocenters. The Morgan fingerprint density at radius 1 is 1.08 bits per heavy atom. The molecule has 36 heavy (non-hydrogen) atoms. The maximum Gasteiger partial charge on any atom is 0.243 e. The van der Waals surface area contributed by atoms with Crippen molar-refractivity contribution < 1.29 is 22.6 Å².